The van der Waals surface area contributed by atoms with Gasteiger partial charge in [0.15, 0.2) is 5.82 Å². The Morgan fingerprint density at radius 2 is 2.11 bits per heavy atom. The summed E-state index contributed by atoms with van der Waals surface area (Å²) in [6.07, 6.45) is 1.82. The Morgan fingerprint density at radius 1 is 1.32 bits per heavy atom. The van der Waals surface area contributed by atoms with Crippen molar-refractivity contribution < 1.29 is 4.39 Å². The maximum atomic E-state index is 13.2. The minimum Gasteiger partial charge on any atom is -0.308 e. The SMILES string of the molecule is CCCc1cc(NN)nc(-c2ccc(F)c(Br)c2)n1. The predicted molar refractivity (Wildman–Crippen MR) is 76.9 cm³/mol. The molecule has 0 fully saturated rings. The number of nitrogens with zero attached hydrogens (tertiary/aromatic N) is 2. The number of nitrogen functional groups attached to an aromatic ring is 1. The minimum absolute atomic E-state index is 0.314. The standard InChI is InChI=1S/C13H14BrFN4/c1-2-3-9-7-12(19-16)18-13(17-9)8-4-5-11(15)10(14)6-8/h4-7H,2-3,16H2,1H3,(H,17,18,19). The molecule has 0 spiro atoms. The van der Waals surface area contributed by atoms with Crippen LogP contribution in [0.15, 0.2) is 28.7 Å². The van der Waals surface area contributed by atoms with Gasteiger partial charge in [0, 0.05) is 17.3 Å². The summed E-state index contributed by atoms with van der Waals surface area (Å²) in [6, 6.07) is 6.49. The molecule has 3 N–H and O–H groups in total. The van der Waals surface area contributed by atoms with Gasteiger partial charge in [0.25, 0.3) is 0 Å². The maximum Gasteiger partial charge on any atom is 0.161 e. The van der Waals surface area contributed by atoms with Crippen molar-refractivity contribution in [3.63, 3.8) is 0 Å². The van der Waals surface area contributed by atoms with Crippen molar-refractivity contribution >= 4 is 21.7 Å². The second-order valence-electron chi connectivity index (χ2n) is 4.09. The van der Waals surface area contributed by atoms with Crippen LogP contribution >= 0.6 is 15.9 Å². The van der Waals surface area contributed by atoms with E-state index in [4.69, 9.17) is 5.84 Å². The van der Waals surface area contributed by atoms with Crippen LogP contribution in [0.5, 0.6) is 0 Å². The van der Waals surface area contributed by atoms with Crippen LogP contribution in [0, 0.1) is 5.82 Å². The lowest BCUT2D eigenvalue weighted by Gasteiger charge is -2.07. The molecule has 0 unspecified atom stereocenters. The van der Waals surface area contributed by atoms with Crippen molar-refractivity contribution in [2.75, 3.05) is 5.43 Å². The number of nitrogens with two attached hydrogens (primary N) is 1. The summed E-state index contributed by atoms with van der Waals surface area (Å²) in [5, 5.41) is 0. The molecule has 6 heteroatoms. The van der Waals surface area contributed by atoms with Crippen LogP contribution in [0.2, 0.25) is 0 Å². The van der Waals surface area contributed by atoms with Crippen molar-refractivity contribution in [3.8, 4) is 11.4 Å². The molecule has 4 nitrogen and oxygen atoms in total. The third kappa shape index (κ3) is 3.27. The highest BCUT2D eigenvalue weighted by molar-refractivity contribution is 9.10. The van der Waals surface area contributed by atoms with E-state index in [1.165, 1.54) is 6.07 Å². The Kier molecular flexibility index (Phi) is 4.44. The number of rotatable bonds is 4. The maximum absolute atomic E-state index is 13.2. The fourth-order valence-electron chi connectivity index (χ4n) is 1.72. The molecular formula is C13H14BrFN4. The molecule has 2 aromatic rings. The van der Waals surface area contributed by atoms with Crippen LogP contribution in [0.3, 0.4) is 0 Å². The molecule has 0 aliphatic rings. The van der Waals surface area contributed by atoms with Crippen molar-refractivity contribution in [1.29, 1.82) is 0 Å². The highest BCUT2D eigenvalue weighted by Crippen LogP contribution is 2.24. The molecule has 1 aromatic heterocycles. The van der Waals surface area contributed by atoms with E-state index in [1.54, 1.807) is 12.1 Å². The molecule has 0 aliphatic heterocycles. The molecule has 0 bridgehead atoms. The summed E-state index contributed by atoms with van der Waals surface area (Å²) in [7, 11) is 0. The molecule has 100 valence electrons. The van der Waals surface area contributed by atoms with Crippen LogP contribution in [0.4, 0.5) is 10.2 Å². The summed E-state index contributed by atoms with van der Waals surface area (Å²) < 4.78 is 13.6. The fraction of sp³-hybridized carbons (Fsp3) is 0.231. The van der Waals surface area contributed by atoms with Gasteiger partial charge in [-0.2, -0.15) is 0 Å². The van der Waals surface area contributed by atoms with E-state index < -0.39 is 0 Å². The number of hydrazine groups is 1. The van der Waals surface area contributed by atoms with Crippen LogP contribution < -0.4 is 11.3 Å². The van der Waals surface area contributed by atoms with Gasteiger partial charge in [-0.1, -0.05) is 13.3 Å². The van der Waals surface area contributed by atoms with Gasteiger partial charge in [0.2, 0.25) is 0 Å². The smallest absolute Gasteiger partial charge is 0.161 e. The molecule has 0 amide bonds. The molecule has 0 saturated heterocycles. The van der Waals surface area contributed by atoms with E-state index in [2.05, 4.69) is 38.2 Å². The summed E-state index contributed by atoms with van der Waals surface area (Å²) in [5.41, 5.74) is 4.17. The van der Waals surface area contributed by atoms with E-state index in [9.17, 15) is 4.39 Å². The number of aryl methyl sites for hydroxylation is 1. The average Bonchev–Trinajstić information content (AvgIpc) is 2.42. The monoisotopic (exact) mass is 324 g/mol. The Hall–Kier alpha value is -1.53. The zero-order chi connectivity index (χ0) is 13.8. The largest absolute Gasteiger partial charge is 0.308 e. The Morgan fingerprint density at radius 3 is 2.74 bits per heavy atom. The Balaban J connectivity index is 2.47. The van der Waals surface area contributed by atoms with Gasteiger partial charge in [0.1, 0.15) is 11.6 Å². The summed E-state index contributed by atoms with van der Waals surface area (Å²) >= 11 is 3.16. The van der Waals surface area contributed by atoms with E-state index in [0.717, 1.165) is 24.1 Å². The van der Waals surface area contributed by atoms with Gasteiger partial charge >= 0.3 is 0 Å². The Bertz CT molecular complexity index is 589. The fourth-order valence-corrected chi connectivity index (χ4v) is 2.10. The quantitative estimate of drug-likeness (QED) is 0.669. The van der Waals surface area contributed by atoms with Crippen molar-refractivity contribution in [2.45, 2.75) is 19.8 Å². The second kappa shape index (κ2) is 6.08. The van der Waals surface area contributed by atoms with Crippen LogP contribution in [-0.2, 0) is 6.42 Å². The molecular weight excluding hydrogens is 311 g/mol. The molecule has 0 aliphatic carbocycles. The number of aromatic nitrogens is 2. The molecule has 0 radical (unpaired) electrons. The first-order valence-electron chi connectivity index (χ1n) is 5.94. The van der Waals surface area contributed by atoms with Crippen LogP contribution in [0.25, 0.3) is 11.4 Å². The number of hydrogen-bond donors (Lipinski definition) is 2. The number of benzene rings is 1. The number of halogens is 2. The van der Waals surface area contributed by atoms with Crippen LogP contribution in [-0.4, -0.2) is 9.97 Å². The average molecular weight is 325 g/mol. The van der Waals surface area contributed by atoms with Crippen LogP contribution in [0.1, 0.15) is 19.0 Å². The van der Waals surface area contributed by atoms with Crippen molar-refractivity contribution in [1.82, 2.24) is 9.97 Å². The van der Waals surface area contributed by atoms with Gasteiger partial charge in [0.05, 0.1) is 4.47 Å². The summed E-state index contributed by atoms with van der Waals surface area (Å²) in [4.78, 5) is 8.75. The minimum atomic E-state index is -0.314. The van der Waals surface area contributed by atoms with Gasteiger partial charge < -0.3 is 5.43 Å². The highest BCUT2D eigenvalue weighted by Gasteiger charge is 2.08. The third-order valence-electron chi connectivity index (χ3n) is 2.61. The molecule has 0 atom stereocenters. The van der Waals surface area contributed by atoms with E-state index in [0.29, 0.717) is 16.1 Å². The lowest BCUT2D eigenvalue weighted by Crippen LogP contribution is -2.10. The zero-order valence-corrected chi connectivity index (χ0v) is 12.0. The molecule has 2 rings (SSSR count). The molecule has 0 saturated carbocycles. The lowest BCUT2D eigenvalue weighted by molar-refractivity contribution is 0.621. The Labute approximate surface area is 119 Å². The highest BCUT2D eigenvalue weighted by atomic mass is 79.9. The molecule has 1 aromatic carbocycles. The zero-order valence-electron chi connectivity index (χ0n) is 10.5. The first-order valence-corrected chi connectivity index (χ1v) is 6.73. The summed E-state index contributed by atoms with van der Waals surface area (Å²) in [6.45, 7) is 2.08. The van der Waals surface area contributed by atoms with E-state index in [1.807, 2.05) is 6.07 Å². The lowest BCUT2D eigenvalue weighted by atomic mass is 10.2. The number of hydrogen-bond acceptors (Lipinski definition) is 4. The second-order valence-corrected chi connectivity index (χ2v) is 4.95. The first-order chi connectivity index (χ1) is 9.13. The molecule has 1 heterocycles. The number of nitrogens with one attached hydrogen (secondary N) is 1. The topological polar surface area (TPSA) is 63.8 Å². The predicted octanol–water partition coefficient (Wildman–Crippen LogP) is 3.28. The third-order valence-corrected chi connectivity index (χ3v) is 3.22. The van der Waals surface area contributed by atoms with Gasteiger partial charge in [-0.3, -0.25) is 0 Å². The van der Waals surface area contributed by atoms with Gasteiger partial charge in [-0.25, -0.2) is 20.2 Å². The first kappa shape index (κ1) is 13.9. The van der Waals surface area contributed by atoms with E-state index >= 15 is 0 Å². The number of anilines is 1. The molecule has 19 heavy (non-hydrogen) atoms. The van der Waals surface area contributed by atoms with E-state index in [-0.39, 0.29) is 5.82 Å². The summed E-state index contributed by atoms with van der Waals surface area (Å²) in [5.74, 6) is 6.17. The van der Waals surface area contributed by atoms with Crippen molar-refractivity contribution in [3.05, 3.63) is 40.2 Å². The normalized spacial score (nSPS) is 10.5. The van der Waals surface area contributed by atoms with Gasteiger partial charge in [-0.15, -0.1) is 0 Å². The van der Waals surface area contributed by atoms with Crippen molar-refractivity contribution in [2.24, 2.45) is 5.84 Å². The van der Waals surface area contributed by atoms with Gasteiger partial charge in [-0.05, 0) is 40.5 Å².